The number of nitrogens with one attached hydrogen (secondary N) is 1. The van der Waals surface area contributed by atoms with E-state index in [4.69, 9.17) is 0 Å². The lowest BCUT2D eigenvalue weighted by Gasteiger charge is -2.38. The van der Waals surface area contributed by atoms with Gasteiger partial charge in [-0.05, 0) is 18.8 Å². The van der Waals surface area contributed by atoms with Gasteiger partial charge in [0.2, 0.25) is 0 Å². The first-order valence-electron chi connectivity index (χ1n) is 4.24. The Balaban J connectivity index is 2.69. The molecule has 1 fully saturated rings. The lowest BCUT2D eigenvalue weighted by atomic mass is 9.74. The van der Waals surface area contributed by atoms with Crippen LogP contribution < -0.4 is 5.32 Å². The Kier molecular flexibility index (Phi) is 1.99. The fourth-order valence-electron chi connectivity index (χ4n) is 1.49. The van der Waals surface area contributed by atoms with E-state index in [9.17, 15) is 4.39 Å². The van der Waals surface area contributed by atoms with Crippen molar-refractivity contribution in [2.45, 2.75) is 45.8 Å². The SMILES string of the molecule is CC(C)(C)C1(C)CC(F)CN1. The van der Waals surface area contributed by atoms with E-state index in [2.05, 4.69) is 33.0 Å². The van der Waals surface area contributed by atoms with E-state index < -0.39 is 6.17 Å². The van der Waals surface area contributed by atoms with Crippen LogP contribution >= 0.6 is 0 Å². The molecule has 1 heterocycles. The average molecular weight is 159 g/mol. The normalized spacial score (nSPS) is 39.5. The summed E-state index contributed by atoms with van der Waals surface area (Å²) >= 11 is 0. The summed E-state index contributed by atoms with van der Waals surface area (Å²) < 4.78 is 12.9. The Labute approximate surface area is 68.4 Å². The van der Waals surface area contributed by atoms with E-state index in [-0.39, 0.29) is 11.0 Å². The molecular formula is C9H18FN. The molecule has 0 amide bonds. The van der Waals surface area contributed by atoms with Crippen molar-refractivity contribution in [1.29, 1.82) is 0 Å². The molecule has 2 unspecified atom stereocenters. The molecule has 1 N–H and O–H groups in total. The Morgan fingerprint density at radius 3 is 2.18 bits per heavy atom. The fourth-order valence-corrected chi connectivity index (χ4v) is 1.49. The molecule has 2 atom stereocenters. The van der Waals surface area contributed by atoms with Gasteiger partial charge < -0.3 is 5.32 Å². The highest BCUT2D eigenvalue weighted by Crippen LogP contribution is 2.37. The molecule has 0 radical (unpaired) electrons. The zero-order valence-corrected chi connectivity index (χ0v) is 7.87. The zero-order chi connectivity index (χ0) is 8.70. The molecule has 0 aromatic carbocycles. The number of hydrogen-bond acceptors (Lipinski definition) is 1. The van der Waals surface area contributed by atoms with E-state index >= 15 is 0 Å². The first-order chi connectivity index (χ1) is 4.85. The molecule has 1 saturated heterocycles. The van der Waals surface area contributed by atoms with E-state index in [1.54, 1.807) is 0 Å². The minimum atomic E-state index is -0.653. The molecule has 2 heteroatoms. The van der Waals surface area contributed by atoms with Gasteiger partial charge >= 0.3 is 0 Å². The lowest BCUT2D eigenvalue weighted by Crippen LogP contribution is -2.47. The molecule has 1 aliphatic heterocycles. The topological polar surface area (TPSA) is 12.0 Å². The molecule has 0 bridgehead atoms. The van der Waals surface area contributed by atoms with E-state index in [0.717, 1.165) is 0 Å². The fraction of sp³-hybridized carbons (Fsp3) is 1.00. The second kappa shape index (κ2) is 2.44. The molecule has 0 aliphatic carbocycles. The van der Waals surface area contributed by atoms with Crippen molar-refractivity contribution < 1.29 is 4.39 Å². The van der Waals surface area contributed by atoms with Crippen LogP contribution in [-0.4, -0.2) is 18.3 Å². The predicted molar refractivity (Wildman–Crippen MR) is 45.4 cm³/mol. The maximum Gasteiger partial charge on any atom is 0.114 e. The van der Waals surface area contributed by atoms with Crippen LogP contribution in [0.4, 0.5) is 4.39 Å². The summed E-state index contributed by atoms with van der Waals surface area (Å²) in [5.41, 5.74) is 0.125. The van der Waals surface area contributed by atoms with Crippen molar-refractivity contribution in [3.8, 4) is 0 Å². The highest BCUT2D eigenvalue weighted by molar-refractivity contribution is 5.01. The van der Waals surface area contributed by atoms with Crippen LogP contribution in [0.3, 0.4) is 0 Å². The molecular weight excluding hydrogens is 141 g/mol. The Morgan fingerprint density at radius 2 is 2.00 bits per heavy atom. The Morgan fingerprint density at radius 1 is 1.45 bits per heavy atom. The number of rotatable bonds is 0. The number of hydrogen-bond donors (Lipinski definition) is 1. The largest absolute Gasteiger partial charge is 0.308 e. The monoisotopic (exact) mass is 159 g/mol. The molecule has 66 valence electrons. The van der Waals surface area contributed by atoms with Crippen LogP contribution in [-0.2, 0) is 0 Å². The van der Waals surface area contributed by atoms with Gasteiger partial charge in [0.1, 0.15) is 6.17 Å². The van der Waals surface area contributed by atoms with Gasteiger partial charge in [0.05, 0.1) is 0 Å². The molecule has 0 aromatic rings. The summed E-state index contributed by atoms with van der Waals surface area (Å²) in [6, 6.07) is 0. The highest BCUT2D eigenvalue weighted by atomic mass is 19.1. The second-order valence-corrected chi connectivity index (χ2v) is 4.76. The summed E-state index contributed by atoms with van der Waals surface area (Å²) in [5.74, 6) is 0. The Bertz CT molecular complexity index is 150. The Hall–Kier alpha value is -0.110. The summed E-state index contributed by atoms with van der Waals surface area (Å²) in [4.78, 5) is 0. The minimum Gasteiger partial charge on any atom is -0.308 e. The van der Waals surface area contributed by atoms with Gasteiger partial charge in [-0.3, -0.25) is 0 Å². The smallest absolute Gasteiger partial charge is 0.114 e. The first kappa shape index (κ1) is 8.98. The summed E-state index contributed by atoms with van der Waals surface area (Å²) in [6.07, 6.45) is -0.00419. The van der Waals surface area contributed by atoms with E-state index in [1.165, 1.54) is 0 Å². The third kappa shape index (κ3) is 1.56. The predicted octanol–water partition coefficient (Wildman–Crippen LogP) is 2.12. The van der Waals surface area contributed by atoms with Crippen molar-refractivity contribution in [3.05, 3.63) is 0 Å². The molecule has 0 saturated carbocycles. The van der Waals surface area contributed by atoms with Gasteiger partial charge in [0.15, 0.2) is 0 Å². The first-order valence-corrected chi connectivity index (χ1v) is 4.24. The molecule has 1 aliphatic rings. The van der Waals surface area contributed by atoms with Crippen LogP contribution in [0.1, 0.15) is 34.1 Å². The quantitative estimate of drug-likeness (QED) is 0.571. The van der Waals surface area contributed by atoms with E-state index in [1.807, 2.05) is 0 Å². The van der Waals surface area contributed by atoms with Gasteiger partial charge in [-0.25, -0.2) is 4.39 Å². The zero-order valence-electron chi connectivity index (χ0n) is 7.87. The molecule has 1 rings (SSSR count). The molecule has 1 nitrogen and oxygen atoms in total. The maximum atomic E-state index is 12.9. The lowest BCUT2D eigenvalue weighted by molar-refractivity contribution is 0.171. The molecule has 0 spiro atoms. The van der Waals surface area contributed by atoms with Crippen LogP contribution in [0.25, 0.3) is 0 Å². The van der Waals surface area contributed by atoms with Crippen molar-refractivity contribution in [2.24, 2.45) is 5.41 Å². The van der Waals surface area contributed by atoms with Crippen molar-refractivity contribution in [2.75, 3.05) is 6.54 Å². The van der Waals surface area contributed by atoms with Gasteiger partial charge in [-0.2, -0.15) is 0 Å². The van der Waals surface area contributed by atoms with Gasteiger partial charge in [-0.1, -0.05) is 20.8 Å². The van der Waals surface area contributed by atoms with Crippen LogP contribution in [0.2, 0.25) is 0 Å². The summed E-state index contributed by atoms with van der Waals surface area (Å²) in [5, 5.41) is 3.25. The standard InChI is InChI=1S/C9H18FN/c1-8(2,3)9(4)5-7(10)6-11-9/h7,11H,5-6H2,1-4H3. The van der Waals surface area contributed by atoms with Crippen molar-refractivity contribution >= 4 is 0 Å². The van der Waals surface area contributed by atoms with E-state index in [0.29, 0.717) is 13.0 Å². The summed E-state index contributed by atoms with van der Waals surface area (Å²) in [7, 11) is 0. The van der Waals surface area contributed by atoms with Crippen LogP contribution in [0.15, 0.2) is 0 Å². The number of halogens is 1. The van der Waals surface area contributed by atoms with Gasteiger partial charge in [0.25, 0.3) is 0 Å². The minimum absolute atomic E-state index is 0.0214. The summed E-state index contributed by atoms with van der Waals surface area (Å²) in [6.45, 7) is 9.08. The van der Waals surface area contributed by atoms with Crippen molar-refractivity contribution in [3.63, 3.8) is 0 Å². The molecule has 11 heavy (non-hydrogen) atoms. The van der Waals surface area contributed by atoms with Gasteiger partial charge in [0, 0.05) is 12.1 Å². The maximum absolute atomic E-state index is 12.9. The molecule has 0 aromatic heterocycles. The average Bonchev–Trinajstić information content (AvgIpc) is 2.10. The number of alkyl halides is 1. The second-order valence-electron chi connectivity index (χ2n) is 4.76. The van der Waals surface area contributed by atoms with Crippen LogP contribution in [0.5, 0.6) is 0 Å². The van der Waals surface area contributed by atoms with Crippen molar-refractivity contribution in [1.82, 2.24) is 5.32 Å². The van der Waals surface area contributed by atoms with Crippen LogP contribution in [0, 0.1) is 5.41 Å². The third-order valence-corrected chi connectivity index (χ3v) is 3.00. The van der Waals surface area contributed by atoms with Gasteiger partial charge in [-0.15, -0.1) is 0 Å². The highest BCUT2D eigenvalue weighted by Gasteiger charge is 2.43. The third-order valence-electron chi connectivity index (χ3n) is 3.00.